The molecule has 0 spiro atoms. The fraction of sp³-hybridized carbons (Fsp3) is 0.143. The first-order chi connectivity index (χ1) is 4.33. The normalized spacial score (nSPS) is 9.11. The Labute approximate surface area is 61.9 Å². The molecule has 0 amide bonds. The lowest BCUT2D eigenvalue weighted by Crippen LogP contribution is -2.08. The highest BCUT2D eigenvalue weighted by molar-refractivity contribution is 7.80. The van der Waals surface area contributed by atoms with Gasteiger partial charge in [-0.25, -0.2) is 0 Å². The van der Waals surface area contributed by atoms with Crippen molar-refractivity contribution in [3.8, 4) is 0 Å². The smallest absolute Gasteiger partial charge is 0.143 e. The predicted octanol–water partition coefficient (Wildman–Crippen LogP) is 1.35. The van der Waals surface area contributed by atoms with Gasteiger partial charge in [0.05, 0.1) is 0 Å². The van der Waals surface area contributed by atoms with E-state index in [9.17, 15) is 0 Å². The van der Waals surface area contributed by atoms with Gasteiger partial charge >= 0.3 is 0 Å². The van der Waals surface area contributed by atoms with E-state index in [-0.39, 0.29) is 0 Å². The van der Waals surface area contributed by atoms with Crippen LogP contribution in [0.4, 0.5) is 0 Å². The van der Waals surface area contributed by atoms with Gasteiger partial charge in [0, 0.05) is 4.90 Å². The van der Waals surface area contributed by atoms with E-state index in [1.54, 1.807) is 0 Å². The quantitative estimate of drug-likeness (QED) is 0.436. The van der Waals surface area contributed by atoms with Crippen LogP contribution in [0.1, 0.15) is 0 Å². The fourth-order valence-corrected chi connectivity index (χ4v) is 0.816. The summed E-state index contributed by atoms with van der Waals surface area (Å²) >= 11 is 4.16. The molecule has 45 valence electrons. The summed E-state index contributed by atoms with van der Waals surface area (Å²) in [6, 6.07) is 8.06. The Bertz CT molecular complexity index is 181. The number of rotatable bonds is 1. The van der Waals surface area contributed by atoms with Crippen LogP contribution >= 0.6 is 12.6 Å². The monoisotopic (exact) mass is 135 g/mol. The van der Waals surface area contributed by atoms with Crippen LogP contribution in [0.5, 0.6) is 0 Å². The third-order valence-electron chi connectivity index (χ3n) is 1.23. The first-order valence-corrected chi connectivity index (χ1v) is 3.36. The van der Waals surface area contributed by atoms with Crippen molar-refractivity contribution < 1.29 is 0 Å². The molecule has 1 aromatic carbocycles. The van der Waals surface area contributed by atoms with E-state index in [0.29, 0.717) is 0 Å². The highest BCUT2D eigenvalue weighted by Crippen LogP contribution is 2.00. The van der Waals surface area contributed by atoms with Crippen LogP contribution in [0, 0.1) is 0 Å². The van der Waals surface area contributed by atoms with Crippen molar-refractivity contribution in [2.45, 2.75) is 11.7 Å². The van der Waals surface area contributed by atoms with Crippen LogP contribution in [0.15, 0.2) is 29.2 Å². The SMILES string of the molecule is C[B]c1ccc(S)cc1. The lowest BCUT2D eigenvalue weighted by Gasteiger charge is -1.93. The molecular weight excluding hydrogens is 127 g/mol. The molecule has 0 saturated heterocycles. The molecule has 0 aliphatic heterocycles. The van der Waals surface area contributed by atoms with Crippen molar-refractivity contribution in [2.75, 3.05) is 0 Å². The summed E-state index contributed by atoms with van der Waals surface area (Å²) in [4.78, 5) is 1.01. The third-order valence-corrected chi connectivity index (χ3v) is 1.52. The highest BCUT2D eigenvalue weighted by Gasteiger charge is 1.86. The van der Waals surface area contributed by atoms with Gasteiger partial charge in [0.1, 0.15) is 7.28 Å². The van der Waals surface area contributed by atoms with Crippen LogP contribution in [0.2, 0.25) is 6.82 Å². The molecule has 0 aliphatic rings. The van der Waals surface area contributed by atoms with Gasteiger partial charge < -0.3 is 0 Å². The third kappa shape index (κ3) is 1.79. The molecule has 1 aromatic rings. The van der Waals surface area contributed by atoms with E-state index in [1.807, 2.05) is 31.1 Å². The van der Waals surface area contributed by atoms with E-state index in [0.717, 1.165) is 4.90 Å². The summed E-state index contributed by atoms with van der Waals surface area (Å²) in [5, 5.41) is 0. The number of hydrogen-bond donors (Lipinski definition) is 1. The van der Waals surface area contributed by atoms with E-state index in [4.69, 9.17) is 0 Å². The van der Waals surface area contributed by atoms with Crippen LogP contribution < -0.4 is 5.46 Å². The number of hydrogen-bond acceptors (Lipinski definition) is 1. The lowest BCUT2D eigenvalue weighted by atomic mass is 9.74. The summed E-state index contributed by atoms with van der Waals surface area (Å²) in [7, 11) is 2.06. The van der Waals surface area contributed by atoms with E-state index in [2.05, 4.69) is 19.9 Å². The molecule has 1 rings (SSSR count). The average molecular weight is 135 g/mol. The first-order valence-electron chi connectivity index (χ1n) is 2.91. The largest absolute Gasteiger partial charge is 0.148 e. The van der Waals surface area contributed by atoms with Crippen LogP contribution in [-0.4, -0.2) is 7.28 Å². The maximum atomic E-state index is 4.16. The fourth-order valence-electron chi connectivity index (χ4n) is 0.667. The lowest BCUT2D eigenvalue weighted by molar-refractivity contribution is 1.50. The van der Waals surface area contributed by atoms with Gasteiger partial charge in [-0.2, -0.15) is 0 Å². The molecule has 9 heavy (non-hydrogen) atoms. The van der Waals surface area contributed by atoms with Gasteiger partial charge in [0.25, 0.3) is 0 Å². The molecule has 0 aliphatic carbocycles. The van der Waals surface area contributed by atoms with Crippen molar-refractivity contribution in [2.24, 2.45) is 0 Å². The van der Waals surface area contributed by atoms with E-state index in [1.165, 1.54) is 5.46 Å². The van der Waals surface area contributed by atoms with Gasteiger partial charge in [-0.1, -0.05) is 24.4 Å². The molecule has 0 saturated carbocycles. The van der Waals surface area contributed by atoms with Crippen LogP contribution in [0.3, 0.4) is 0 Å². The minimum Gasteiger partial charge on any atom is -0.143 e. The maximum Gasteiger partial charge on any atom is 0.148 e. The summed E-state index contributed by atoms with van der Waals surface area (Å²) in [6.45, 7) is 2.02. The zero-order valence-electron chi connectivity index (χ0n) is 5.33. The minimum atomic E-state index is 1.01. The molecular formula is C7H8BS. The van der Waals surface area contributed by atoms with Gasteiger partial charge in [-0.15, -0.1) is 12.6 Å². The van der Waals surface area contributed by atoms with Gasteiger partial charge in [0.15, 0.2) is 0 Å². The Morgan fingerprint density at radius 2 is 1.78 bits per heavy atom. The van der Waals surface area contributed by atoms with Gasteiger partial charge in [0.2, 0.25) is 0 Å². The van der Waals surface area contributed by atoms with Crippen LogP contribution in [-0.2, 0) is 0 Å². The summed E-state index contributed by atoms with van der Waals surface area (Å²) in [5.74, 6) is 0. The van der Waals surface area contributed by atoms with Crippen molar-refractivity contribution in [1.29, 1.82) is 0 Å². The topological polar surface area (TPSA) is 0 Å². The Kier molecular flexibility index (Phi) is 2.23. The molecule has 0 aromatic heterocycles. The Hall–Kier alpha value is -0.365. The number of thiol groups is 1. The van der Waals surface area contributed by atoms with Crippen molar-refractivity contribution in [3.63, 3.8) is 0 Å². The zero-order valence-corrected chi connectivity index (χ0v) is 6.23. The Morgan fingerprint density at radius 3 is 2.22 bits per heavy atom. The first kappa shape index (κ1) is 6.75. The van der Waals surface area contributed by atoms with Crippen molar-refractivity contribution in [3.05, 3.63) is 24.3 Å². The Balaban J connectivity index is 2.88. The molecule has 2 heteroatoms. The standard InChI is InChI=1S/C7H8BS/c1-8-6-2-4-7(9)5-3-6/h2-5,9H,1H3. The summed E-state index contributed by atoms with van der Waals surface area (Å²) < 4.78 is 0. The maximum absolute atomic E-state index is 4.16. The average Bonchev–Trinajstić information content (AvgIpc) is 1.90. The molecule has 0 unspecified atom stereocenters. The van der Waals surface area contributed by atoms with E-state index < -0.39 is 0 Å². The molecule has 0 heterocycles. The van der Waals surface area contributed by atoms with Crippen molar-refractivity contribution >= 4 is 25.4 Å². The van der Waals surface area contributed by atoms with Gasteiger partial charge in [-0.3, -0.25) is 0 Å². The Morgan fingerprint density at radius 1 is 1.22 bits per heavy atom. The molecule has 1 radical (unpaired) electrons. The summed E-state index contributed by atoms with van der Waals surface area (Å²) in [6.07, 6.45) is 0. The molecule has 0 bridgehead atoms. The highest BCUT2D eigenvalue weighted by atomic mass is 32.1. The number of benzene rings is 1. The minimum absolute atomic E-state index is 1.01. The summed E-state index contributed by atoms with van der Waals surface area (Å²) in [5.41, 5.74) is 1.24. The second kappa shape index (κ2) is 2.97. The molecule has 0 nitrogen and oxygen atoms in total. The molecule has 0 atom stereocenters. The van der Waals surface area contributed by atoms with Crippen molar-refractivity contribution in [1.82, 2.24) is 0 Å². The van der Waals surface area contributed by atoms with E-state index >= 15 is 0 Å². The van der Waals surface area contributed by atoms with Crippen LogP contribution in [0.25, 0.3) is 0 Å². The molecule has 0 fully saturated rings. The zero-order chi connectivity index (χ0) is 6.69. The second-order valence-corrected chi connectivity index (χ2v) is 2.40. The molecule has 0 N–H and O–H groups in total. The second-order valence-electron chi connectivity index (χ2n) is 1.88. The predicted molar refractivity (Wildman–Crippen MR) is 44.9 cm³/mol. The van der Waals surface area contributed by atoms with Gasteiger partial charge in [-0.05, 0) is 12.1 Å².